The van der Waals surface area contributed by atoms with Gasteiger partial charge in [0.15, 0.2) is 0 Å². The second-order valence-corrected chi connectivity index (χ2v) is 6.28. The minimum absolute atomic E-state index is 0.0244. The van der Waals surface area contributed by atoms with Gasteiger partial charge in [0, 0.05) is 17.3 Å². The Morgan fingerprint density at radius 3 is 2.36 bits per heavy atom. The van der Waals surface area contributed by atoms with Crippen molar-refractivity contribution in [1.82, 2.24) is 9.78 Å². The molecule has 0 unspecified atom stereocenters. The third kappa shape index (κ3) is 3.78. The maximum absolute atomic E-state index is 12.3. The Morgan fingerprint density at radius 1 is 0.929 bits per heavy atom. The normalized spacial score (nSPS) is 10.6. The van der Waals surface area contributed by atoms with Crippen molar-refractivity contribution in [2.45, 2.75) is 6.61 Å². The standard InChI is InChI=1S/C23H18N2O3/c26-21-13-7-10-18(14-21)23(27)28-16-19-15-25(20-11-5-2-6-12-20)24-22(19)17-8-3-1-4-9-17/h1-15,26H,16H2. The minimum atomic E-state index is -0.498. The van der Waals surface area contributed by atoms with E-state index in [1.807, 2.05) is 66.9 Å². The number of carbonyl (C=O) groups is 1. The average molecular weight is 370 g/mol. The molecule has 0 spiro atoms. The number of phenols is 1. The molecule has 0 fully saturated rings. The maximum atomic E-state index is 12.3. The molecule has 0 bridgehead atoms. The van der Waals surface area contributed by atoms with Gasteiger partial charge < -0.3 is 9.84 Å². The van der Waals surface area contributed by atoms with Crippen molar-refractivity contribution in [3.63, 3.8) is 0 Å². The van der Waals surface area contributed by atoms with Crippen molar-refractivity contribution >= 4 is 5.97 Å². The number of hydrogen-bond acceptors (Lipinski definition) is 4. The predicted octanol–water partition coefficient (Wildman–Crippen LogP) is 4.60. The fourth-order valence-electron chi connectivity index (χ4n) is 2.93. The monoisotopic (exact) mass is 370 g/mol. The van der Waals surface area contributed by atoms with E-state index in [0.717, 1.165) is 22.5 Å². The van der Waals surface area contributed by atoms with Crippen LogP contribution < -0.4 is 0 Å². The van der Waals surface area contributed by atoms with E-state index in [2.05, 4.69) is 0 Å². The van der Waals surface area contributed by atoms with Crippen molar-refractivity contribution in [3.05, 3.63) is 102 Å². The van der Waals surface area contributed by atoms with Crippen LogP contribution in [0.1, 0.15) is 15.9 Å². The number of aromatic hydroxyl groups is 1. The molecule has 0 aliphatic rings. The molecular weight excluding hydrogens is 352 g/mol. The van der Waals surface area contributed by atoms with Gasteiger partial charge in [-0.15, -0.1) is 0 Å². The number of benzene rings is 3. The Balaban J connectivity index is 1.63. The molecule has 0 radical (unpaired) electrons. The molecule has 0 saturated carbocycles. The van der Waals surface area contributed by atoms with E-state index in [1.165, 1.54) is 12.1 Å². The number of nitrogens with zero attached hydrogens (tertiary/aromatic N) is 2. The van der Waals surface area contributed by atoms with Gasteiger partial charge in [-0.05, 0) is 30.3 Å². The molecule has 0 amide bonds. The lowest BCUT2D eigenvalue weighted by atomic mass is 10.1. The number of ether oxygens (including phenoxy) is 1. The smallest absolute Gasteiger partial charge is 0.338 e. The third-order valence-corrected chi connectivity index (χ3v) is 4.30. The van der Waals surface area contributed by atoms with Crippen molar-refractivity contribution in [3.8, 4) is 22.7 Å². The topological polar surface area (TPSA) is 64.4 Å². The van der Waals surface area contributed by atoms with Crippen LogP contribution >= 0.6 is 0 Å². The molecule has 0 aliphatic carbocycles. The highest BCUT2D eigenvalue weighted by atomic mass is 16.5. The van der Waals surface area contributed by atoms with E-state index in [4.69, 9.17) is 9.84 Å². The Labute approximate surface area is 162 Å². The number of rotatable bonds is 5. The van der Waals surface area contributed by atoms with E-state index < -0.39 is 5.97 Å². The number of aromatic nitrogens is 2. The highest BCUT2D eigenvalue weighted by Gasteiger charge is 2.15. The summed E-state index contributed by atoms with van der Waals surface area (Å²) in [5.41, 5.74) is 3.72. The van der Waals surface area contributed by atoms with Crippen molar-refractivity contribution in [1.29, 1.82) is 0 Å². The van der Waals surface area contributed by atoms with Crippen molar-refractivity contribution in [2.75, 3.05) is 0 Å². The zero-order valence-corrected chi connectivity index (χ0v) is 15.0. The Kier molecular flexibility index (Phi) is 4.89. The van der Waals surface area contributed by atoms with E-state index in [9.17, 15) is 9.90 Å². The van der Waals surface area contributed by atoms with Gasteiger partial charge in [-0.1, -0.05) is 54.6 Å². The lowest BCUT2D eigenvalue weighted by molar-refractivity contribution is 0.0473. The van der Waals surface area contributed by atoms with Gasteiger partial charge in [0.1, 0.15) is 12.4 Å². The number of hydrogen-bond donors (Lipinski definition) is 1. The van der Waals surface area contributed by atoms with Gasteiger partial charge in [-0.25, -0.2) is 9.48 Å². The molecule has 0 saturated heterocycles. The number of para-hydroxylation sites is 1. The largest absolute Gasteiger partial charge is 0.508 e. The van der Waals surface area contributed by atoms with Gasteiger partial charge in [-0.2, -0.15) is 5.10 Å². The molecule has 0 aliphatic heterocycles. The Bertz CT molecular complexity index is 1090. The van der Waals surface area contributed by atoms with Gasteiger partial charge in [0.25, 0.3) is 0 Å². The summed E-state index contributed by atoms with van der Waals surface area (Å²) in [7, 11) is 0. The molecule has 138 valence electrons. The van der Waals surface area contributed by atoms with Crippen LogP contribution in [-0.4, -0.2) is 20.9 Å². The van der Waals surface area contributed by atoms with Crippen LogP contribution in [0, 0.1) is 0 Å². The van der Waals surface area contributed by atoms with Crippen LogP contribution in [0.2, 0.25) is 0 Å². The van der Waals surface area contributed by atoms with E-state index >= 15 is 0 Å². The summed E-state index contributed by atoms with van der Waals surface area (Å²) < 4.78 is 7.25. The molecule has 4 rings (SSSR count). The molecule has 4 aromatic rings. The second-order valence-electron chi connectivity index (χ2n) is 6.28. The van der Waals surface area contributed by atoms with E-state index in [1.54, 1.807) is 16.8 Å². The summed E-state index contributed by atoms with van der Waals surface area (Å²) in [5.74, 6) is -0.473. The molecule has 1 aromatic heterocycles. The highest BCUT2D eigenvalue weighted by Crippen LogP contribution is 2.24. The third-order valence-electron chi connectivity index (χ3n) is 4.30. The summed E-state index contributed by atoms with van der Waals surface area (Å²) in [4.78, 5) is 12.3. The Hall–Kier alpha value is -3.86. The quantitative estimate of drug-likeness (QED) is 0.522. The fraction of sp³-hybridized carbons (Fsp3) is 0.0435. The van der Waals surface area contributed by atoms with E-state index in [-0.39, 0.29) is 12.4 Å². The number of phenolic OH excluding ortho intramolecular Hbond substituents is 1. The van der Waals surface area contributed by atoms with Gasteiger partial charge in [0.05, 0.1) is 16.9 Å². The maximum Gasteiger partial charge on any atom is 0.338 e. The van der Waals surface area contributed by atoms with Crippen molar-refractivity contribution in [2.24, 2.45) is 0 Å². The first-order valence-corrected chi connectivity index (χ1v) is 8.86. The molecule has 0 atom stereocenters. The lowest BCUT2D eigenvalue weighted by Gasteiger charge is -2.05. The molecule has 3 aromatic carbocycles. The first-order valence-electron chi connectivity index (χ1n) is 8.86. The number of esters is 1. The van der Waals surface area contributed by atoms with Crippen LogP contribution in [-0.2, 0) is 11.3 Å². The minimum Gasteiger partial charge on any atom is -0.508 e. The van der Waals surface area contributed by atoms with Crippen molar-refractivity contribution < 1.29 is 14.6 Å². The zero-order valence-electron chi connectivity index (χ0n) is 15.0. The average Bonchev–Trinajstić information content (AvgIpc) is 3.17. The molecule has 28 heavy (non-hydrogen) atoms. The number of carbonyl (C=O) groups excluding carboxylic acids is 1. The molecule has 5 heteroatoms. The Morgan fingerprint density at radius 2 is 1.64 bits per heavy atom. The predicted molar refractivity (Wildman–Crippen MR) is 106 cm³/mol. The summed E-state index contributed by atoms with van der Waals surface area (Å²) in [5, 5.41) is 14.2. The molecular formula is C23H18N2O3. The molecule has 5 nitrogen and oxygen atoms in total. The van der Waals surface area contributed by atoms with Crippen LogP contribution in [0.4, 0.5) is 0 Å². The lowest BCUT2D eigenvalue weighted by Crippen LogP contribution is -2.05. The summed E-state index contributed by atoms with van der Waals surface area (Å²) in [6.45, 7) is 0.0750. The van der Waals surface area contributed by atoms with Gasteiger partial charge in [0.2, 0.25) is 0 Å². The fourth-order valence-corrected chi connectivity index (χ4v) is 2.93. The molecule has 1 N–H and O–H groups in total. The van der Waals surface area contributed by atoms with Gasteiger partial charge in [-0.3, -0.25) is 0 Å². The first kappa shape index (κ1) is 17.5. The summed E-state index contributed by atoms with van der Waals surface area (Å²) in [6.07, 6.45) is 1.87. The first-order chi connectivity index (χ1) is 13.7. The second kappa shape index (κ2) is 7.80. The van der Waals surface area contributed by atoms with Crippen LogP contribution in [0.25, 0.3) is 16.9 Å². The molecule has 1 heterocycles. The van der Waals surface area contributed by atoms with Crippen LogP contribution in [0.5, 0.6) is 5.75 Å². The SMILES string of the molecule is O=C(OCc1cn(-c2ccccc2)nc1-c1ccccc1)c1cccc(O)c1. The zero-order chi connectivity index (χ0) is 19.3. The highest BCUT2D eigenvalue weighted by molar-refractivity contribution is 5.89. The van der Waals surface area contributed by atoms with Gasteiger partial charge >= 0.3 is 5.97 Å². The summed E-state index contributed by atoms with van der Waals surface area (Å²) in [6, 6.07) is 25.6. The summed E-state index contributed by atoms with van der Waals surface area (Å²) >= 11 is 0. The van der Waals surface area contributed by atoms with Crippen LogP contribution in [0.3, 0.4) is 0 Å². The van der Waals surface area contributed by atoms with Crippen LogP contribution in [0.15, 0.2) is 91.1 Å². The van der Waals surface area contributed by atoms with E-state index in [0.29, 0.717) is 5.56 Å².